The Hall–Kier alpha value is -2.72. The lowest BCUT2D eigenvalue weighted by Crippen LogP contribution is -2.00. The number of hydrogen-bond donors (Lipinski definition) is 0. The van der Waals surface area contributed by atoms with Gasteiger partial charge in [-0.2, -0.15) is 5.26 Å². The number of aromatic nitrogens is 4. The fourth-order valence-corrected chi connectivity index (χ4v) is 3.60. The first-order valence-corrected chi connectivity index (χ1v) is 8.91. The maximum absolute atomic E-state index is 14.1. The van der Waals surface area contributed by atoms with E-state index < -0.39 is 0 Å². The number of nitrogens with zero attached hydrogens (tertiary/aromatic N) is 5. The van der Waals surface area contributed by atoms with E-state index in [9.17, 15) is 4.39 Å². The summed E-state index contributed by atoms with van der Waals surface area (Å²) in [7, 11) is 0. The van der Waals surface area contributed by atoms with Gasteiger partial charge < -0.3 is 0 Å². The van der Waals surface area contributed by atoms with Gasteiger partial charge in [0.25, 0.3) is 0 Å². The highest BCUT2D eigenvalue weighted by molar-refractivity contribution is 7.98. The second kappa shape index (κ2) is 6.65. The molecule has 25 heavy (non-hydrogen) atoms. The maximum Gasteiger partial charge on any atom is 0.192 e. The molecule has 0 saturated heterocycles. The van der Waals surface area contributed by atoms with Gasteiger partial charge in [0.2, 0.25) is 0 Å². The highest BCUT2D eigenvalue weighted by Gasteiger charge is 2.30. The SMILES string of the molecule is N#Cc1ccc(CSc2nnc(-c3ccncc3)n2C2CC2)c(F)c1. The predicted molar refractivity (Wildman–Crippen MR) is 92.2 cm³/mol. The van der Waals surface area contributed by atoms with Crippen molar-refractivity contribution in [3.05, 3.63) is 59.7 Å². The number of nitriles is 1. The van der Waals surface area contributed by atoms with Crippen molar-refractivity contribution in [3.8, 4) is 17.5 Å². The Morgan fingerprint density at radius 2 is 2.00 bits per heavy atom. The van der Waals surface area contributed by atoms with Crippen LogP contribution in [0.1, 0.15) is 30.0 Å². The molecule has 2 aromatic heterocycles. The first kappa shape index (κ1) is 15.8. The van der Waals surface area contributed by atoms with Gasteiger partial charge in [0.05, 0.1) is 11.6 Å². The molecule has 0 unspecified atom stereocenters. The fourth-order valence-electron chi connectivity index (χ4n) is 2.61. The van der Waals surface area contributed by atoms with E-state index in [0.717, 1.165) is 29.4 Å². The van der Waals surface area contributed by atoms with Crippen molar-refractivity contribution in [2.45, 2.75) is 29.8 Å². The lowest BCUT2D eigenvalue weighted by atomic mass is 10.1. The van der Waals surface area contributed by atoms with Crippen LogP contribution < -0.4 is 0 Å². The molecule has 1 aliphatic carbocycles. The molecule has 2 heterocycles. The topological polar surface area (TPSA) is 67.4 Å². The Labute approximate surface area is 148 Å². The second-order valence-electron chi connectivity index (χ2n) is 5.85. The van der Waals surface area contributed by atoms with Gasteiger partial charge in [-0.25, -0.2) is 4.39 Å². The van der Waals surface area contributed by atoms with Crippen LogP contribution in [-0.2, 0) is 5.75 Å². The van der Waals surface area contributed by atoms with Gasteiger partial charge in [0, 0.05) is 29.8 Å². The summed E-state index contributed by atoms with van der Waals surface area (Å²) >= 11 is 1.46. The van der Waals surface area contributed by atoms with Crippen LogP contribution in [0.2, 0.25) is 0 Å². The van der Waals surface area contributed by atoms with E-state index >= 15 is 0 Å². The average molecular weight is 351 g/mol. The van der Waals surface area contributed by atoms with Crippen molar-refractivity contribution in [1.29, 1.82) is 5.26 Å². The summed E-state index contributed by atoms with van der Waals surface area (Å²) in [5.41, 5.74) is 1.86. The highest BCUT2D eigenvalue weighted by Crippen LogP contribution is 2.41. The zero-order valence-electron chi connectivity index (χ0n) is 13.3. The van der Waals surface area contributed by atoms with E-state index in [4.69, 9.17) is 5.26 Å². The number of hydrogen-bond acceptors (Lipinski definition) is 5. The van der Waals surface area contributed by atoms with E-state index in [-0.39, 0.29) is 5.82 Å². The molecule has 1 aliphatic rings. The van der Waals surface area contributed by atoms with Gasteiger partial charge in [-0.05, 0) is 42.7 Å². The summed E-state index contributed by atoms with van der Waals surface area (Å²) in [5.74, 6) is 0.907. The van der Waals surface area contributed by atoms with Gasteiger partial charge in [0.1, 0.15) is 5.82 Å². The number of pyridine rings is 1. The molecule has 3 aromatic rings. The minimum Gasteiger partial charge on any atom is -0.299 e. The summed E-state index contributed by atoms with van der Waals surface area (Å²) in [5, 5.41) is 18.3. The first-order valence-electron chi connectivity index (χ1n) is 7.93. The lowest BCUT2D eigenvalue weighted by molar-refractivity contribution is 0.616. The molecule has 0 bridgehead atoms. The molecule has 0 spiro atoms. The summed E-state index contributed by atoms with van der Waals surface area (Å²) in [6.07, 6.45) is 5.68. The standard InChI is InChI=1S/C18H14FN5S/c19-16-9-12(10-20)1-2-14(16)11-25-18-23-22-17(24(18)15-3-4-15)13-5-7-21-8-6-13/h1-2,5-9,15H,3-4,11H2. The minimum absolute atomic E-state index is 0.326. The third kappa shape index (κ3) is 3.26. The maximum atomic E-state index is 14.1. The average Bonchev–Trinajstić information content (AvgIpc) is 3.40. The zero-order valence-corrected chi connectivity index (χ0v) is 14.1. The molecule has 0 aliphatic heterocycles. The quantitative estimate of drug-likeness (QED) is 0.651. The smallest absolute Gasteiger partial charge is 0.192 e. The summed E-state index contributed by atoms with van der Waals surface area (Å²) in [4.78, 5) is 4.04. The van der Waals surface area contributed by atoms with Crippen molar-refractivity contribution >= 4 is 11.8 Å². The van der Waals surface area contributed by atoms with Crippen LogP contribution in [0.25, 0.3) is 11.4 Å². The molecule has 1 saturated carbocycles. The van der Waals surface area contributed by atoms with Crippen molar-refractivity contribution in [3.63, 3.8) is 0 Å². The predicted octanol–water partition coefficient (Wildman–Crippen LogP) is 3.98. The number of thioether (sulfide) groups is 1. The minimum atomic E-state index is -0.363. The van der Waals surface area contributed by atoms with Gasteiger partial charge in [-0.3, -0.25) is 9.55 Å². The molecule has 0 amide bonds. The third-order valence-electron chi connectivity index (χ3n) is 4.05. The Kier molecular flexibility index (Phi) is 4.20. The highest BCUT2D eigenvalue weighted by atomic mass is 32.2. The lowest BCUT2D eigenvalue weighted by Gasteiger charge is -2.09. The van der Waals surface area contributed by atoms with Crippen LogP contribution in [-0.4, -0.2) is 19.7 Å². The molecular formula is C18H14FN5S. The van der Waals surface area contributed by atoms with E-state index in [1.165, 1.54) is 17.8 Å². The Bertz CT molecular complexity index is 944. The van der Waals surface area contributed by atoms with Crippen LogP contribution in [0.15, 0.2) is 47.9 Å². The molecule has 124 valence electrons. The Balaban J connectivity index is 1.59. The van der Waals surface area contributed by atoms with E-state index in [1.54, 1.807) is 24.5 Å². The fraction of sp³-hybridized carbons (Fsp3) is 0.222. The van der Waals surface area contributed by atoms with Crippen LogP contribution in [0.3, 0.4) is 0 Å². The van der Waals surface area contributed by atoms with Crippen molar-refractivity contribution in [2.24, 2.45) is 0 Å². The van der Waals surface area contributed by atoms with Gasteiger partial charge >= 0.3 is 0 Å². The van der Waals surface area contributed by atoms with E-state index in [2.05, 4.69) is 19.7 Å². The third-order valence-corrected chi connectivity index (χ3v) is 5.05. The van der Waals surface area contributed by atoms with E-state index in [1.807, 2.05) is 18.2 Å². The largest absolute Gasteiger partial charge is 0.299 e. The molecule has 1 aromatic carbocycles. The van der Waals surface area contributed by atoms with Crippen molar-refractivity contribution in [1.82, 2.24) is 19.7 Å². The molecule has 7 heteroatoms. The monoisotopic (exact) mass is 351 g/mol. The van der Waals surface area contributed by atoms with Crippen molar-refractivity contribution < 1.29 is 4.39 Å². The van der Waals surface area contributed by atoms with Gasteiger partial charge in [-0.1, -0.05) is 17.8 Å². The molecule has 5 nitrogen and oxygen atoms in total. The van der Waals surface area contributed by atoms with Crippen LogP contribution in [0, 0.1) is 17.1 Å². The van der Waals surface area contributed by atoms with E-state index in [0.29, 0.717) is 22.9 Å². The summed E-state index contributed by atoms with van der Waals surface area (Å²) in [6, 6.07) is 10.7. The van der Waals surface area contributed by atoms with Gasteiger partial charge in [-0.15, -0.1) is 10.2 Å². The Morgan fingerprint density at radius 3 is 2.68 bits per heavy atom. The zero-order chi connectivity index (χ0) is 17.2. The first-order chi connectivity index (χ1) is 12.3. The molecule has 0 atom stereocenters. The number of rotatable bonds is 5. The molecule has 0 N–H and O–H groups in total. The summed E-state index contributed by atoms with van der Waals surface area (Å²) in [6.45, 7) is 0. The van der Waals surface area contributed by atoms with Crippen LogP contribution in [0.5, 0.6) is 0 Å². The molecule has 0 radical (unpaired) electrons. The molecular weight excluding hydrogens is 337 g/mol. The van der Waals surface area contributed by atoms with Gasteiger partial charge in [0.15, 0.2) is 11.0 Å². The van der Waals surface area contributed by atoms with Crippen LogP contribution in [0.4, 0.5) is 4.39 Å². The summed E-state index contributed by atoms with van der Waals surface area (Å²) < 4.78 is 16.2. The molecule has 1 fully saturated rings. The number of halogens is 1. The second-order valence-corrected chi connectivity index (χ2v) is 6.79. The van der Waals surface area contributed by atoms with Crippen molar-refractivity contribution in [2.75, 3.05) is 0 Å². The normalized spacial score (nSPS) is 13.6. The number of benzene rings is 1. The Morgan fingerprint density at radius 1 is 1.20 bits per heavy atom. The van der Waals surface area contributed by atoms with Crippen LogP contribution >= 0.6 is 11.8 Å². The molecule has 4 rings (SSSR count).